The Morgan fingerprint density at radius 1 is 1.18 bits per heavy atom. The van der Waals surface area contributed by atoms with Crippen molar-refractivity contribution in [1.82, 2.24) is 9.47 Å². The molecule has 0 bridgehead atoms. The van der Waals surface area contributed by atoms with Crippen molar-refractivity contribution in [3.8, 4) is 0 Å². The molecule has 22 heavy (non-hydrogen) atoms. The Kier molecular flexibility index (Phi) is 4.11. The number of hydrogen-bond acceptors (Lipinski definition) is 4. The van der Waals surface area contributed by atoms with Crippen LogP contribution in [0.1, 0.15) is 36.3 Å². The number of thiazole rings is 1. The molecule has 0 atom stereocenters. The van der Waals surface area contributed by atoms with Gasteiger partial charge in [0.2, 0.25) is 0 Å². The quantitative estimate of drug-likeness (QED) is 0.900. The van der Waals surface area contributed by atoms with Crippen LogP contribution in [0.2, 0.25) is 0 Å². The van der Waals surface area contributed by atoms with Crippen LogP contribution in [0.3, 0.4) is 0 Å². The number of rotatable bonds is 2. The summed E-state index contributed by atoms with van der Waals surface area (Å²) in [6.07, 6.45) is -1.32. The van der Waals surface area contributed by atoms with E-state index >= 15 is 0 Å². The van der Waals surface area contributed by atoms with Gasteiger partial charge in [-0.3, -0.25) is 14.3 Å². The van der Waals surface area contributed by atoms with Crippen molar-refractivity contribution in [2.75, 3.05) is 13.1 Å². The average molecular weight is 336 g/mol. The lowest BCUT2D eigenvalue weighted by Gasteiger charge is -2.39. The molecule has 1 aromatic rings. The van der Waals surface area contributed by atoms with Gasteiger partial charge in [0.15, 0.2) is 5.60 Å². The number of halogens is 3. The second kappa shape index (κ2) is 5.65. The Morgan fingerprint density at radius 2 is 1.82 bits per heavy atom. The van der Waals surface area contributed by atoms with E-state index in [1.807, 2.05) is 4.90 Å². The summed E-state index contributed by atoms with van der Waals surface area (Å²) >= 11 is 1.26. The third kappa shape index (κ3) is 2.83. The number of aliphatic hydroxyl groups is 1. The lowest BCUT2D eigenvalue weighted by atomic mass is 9.91. The summed E-state index contributed by atoms with van der Waals surface area (Å²) in [6, 6.07) is 0. The van der Waals surface area contributed by atoms with Gasteiger partial charge in [0, 0.05) is 23.7 Å². The van der Waals surface area contributed by atoms with E-state index in [0.29, 0.717) is 6.67 Å². The van der Waals surface area contributed by atoms with E-state index in [1.165, 1.54) is 11.3 Å². The fraction of sp³-hybridized carbons (Fsp3) is 0.786. The second-order valence-corrected chi connectivity index (χ2v) is 7.21. The summed E-state index contributed by atoms with van der Waals surface area (Å²) in [4.78, 5) is 15.0. The van der Waals surface area contributed by atoms with E-state index in [-0.39, 0.29) is 30.8 Å². The molecule has 1 N–H and O–H groups in total. The summed E-state index contributed by atoms with van der Waals surface area (Å²) in [5, 5.41) is 9.68. The summed E-state index contributed by atoms with van der Waals surface area (Å²) < 4.78 is 40.1. The molecule has 1 fully saturated rings. The van der Waals surface area contributed by atoms with Gasteiger partial charge in [-0.2, -0.15) is 13.2 Å². The molecule has 0 unspecified atom stereocenters. The normalized spacial score (nSPS) is 22.5. The number of piperidine rings is 1. The van der Waals surface area contributed by atoms with E-state index in [4.69, 9.17) is 0 Å². The van der Waals surface area contributed by atoms with Gasteiger partial charge in [-0.25, -0.2) is 0 Å². The van der Waals surface area contributed by atoms with Crippen LogP contribution in [0, 0.1) is 0 Å². The Balaban J connectivity index is 1.69. The van der Waals surface area contributed by atoms with Gasteiger partial charge in [0.1, 0.15) is 0 Å². The van der Waals surface area contributed by atoms with Gasteiger partial charge < -0.3 is 5.11 Å². The van der Waals surface area contributed by atoms with Crippen molar-refractivity contribution in [2.45, 2.75) is 57.0 Å². The number of aryl methyl sites for hydroxylation is 1. The molecule has 2 aliphatic rings. The summed E-state index contributed by atoms with van der Waals surface area (Å²) in [5.41, 5.74) is -1.53. The Labute approximate surface area is 130 Å². The minimum atomic E-state index is -4.59. The zero-order valence-corrected chi connectivity index (χ0v) is 13.0. The van der Waals surface area contributed by atoms with E-state index in [1.54, 1.807) is 4.57 Å². The number of likely N-dealkylation sites (tertiary alicyclic amines) is 1. The molecular formula is C14H19F3N2O2S. The number of aromatic nitrogens is 1. The first-order valence-electron chi connectivity index (χ1n) is 7.53. The molecule has 0 radical (unpaired) electrons. The molecule has 3 rings (SSSR count). The molecule has 124 valence electrons. The van der Waals surface area contributed by atoms with Crippen molar-refractivity contribution in [1.29, 1.82) is 0 Å². The van der Waals surface area contributed by atoms with Crippen LogP contribution in [0.25, 0.3) is 0 Å². The fourth-order valence-corrected chi connectivity index (χ4v) is 4.28. The molecule has 2 heterocycles. The van der Waals surface area contributed by atoms with Gasteiger partial charge in [0.25, 0.3) is 0 Å². The van der Waals surface area contributed by atoms with E-state index < -0.39 is 11.8 Å². The highest BCUT2D eigenvalue weighted by molar-refractivity contribution is 7.09. The average Bonchev–Trinajstić information content (AvgIpc) is 2.77. The Hall–Kier alpha value is -0.860. The van der Waals surface area contributed by atoms with Crippen LogP contribution < -0.4 is 4.87 Å². The molecule has 0 aromatic carbocycles. The highest BCUT2D eigenvalue weighted by Crippen LogP contribution is 2.38. The molecule has 0 spiro atoms. The molecule has 1 aliphatic heterocycles. The summed E-state index contributed by atoms with van der Waals surface area (Å²) in [6.45, 7) is 0.624. The van der Waals surface area contributed by atoms with Gasteiger partial charge >= 0.3 is 11.0 Å². The molecule has 0 amide bonds. The van der Waals surface area contributed by atoms with Crippen molar-refractivity contribution in [3.05, 3.63) is 20.2 Å². The zero-order chi connectivity index (χ0) is 16.0. The molecule has 1 aliphatic carbocycles. The highest BCUT2D eigenvalue weighted by Gasteiger charge is 2.54. The van der Waals surface area contributed by atoms with Crippen LogP contribution in [0.5, 0.6) is 0 Å². The molecule has 8 heteroatoms. The third-order valence-electron chi connectivity index (χ3n) is 4.70. The summed E-state index contributed by atoms with van der Waals surface area (Å²) in [7, 11) is 0. The second-order valence-electron chi connectivity index (χ2n) is 6.16. The predicted octanol–water partition coefficient (Wildman–Crippen LogP) is 2.14. The predicted molar refractivity (Wildman–Crippen MR) is 77.0 cm³/mol. The van der Waals surface area contributed by atoms with E-state index in [0.717, 1.165) is 36.3 Å². The smallest absolute Gasteiger partial charge is 0.380 e. The van der Waals surface area contributed by atoms with Crippen LogP contribution >= 0.6 is 11.3 Å². The molecule has 0 saturated carbocycles. The summed E-state index contributed by atoms with van der Waals surface area (Å²) in [5.74, 6) is 0. The van der Waals surface area contributed by atoms with Gasteiger partial charge in [-0.1, -0.05) is 11.3 Å². The van der Waals surface area contributed by atoms with Crippen LogP contribution in [0.4, 0.5) is 13.2 Å². The Bertz CT molecular complexity index is 600. The molecule has 4 nitrogen and oxygen atoms in total. The minimum absolute atomic E-state index is 0.0245. The first kappa shape index (κ1) is 16.0. The molecule has 1 aromatic heterocycles. The lowest BCUT2D eigenvalue weighted by Crippen LogP contribution is -2.53. The standard InChI is InChI=1S/C14H19F3N2O2S/c15-14(16,17)13(21)5-7-18(8-6-13)9-19-10-3-1-2-4-11(10)22-12(19)20/h21H,1-9H2. The van der Waals surface area contributed by atoms with Gasteiger partial charge in [-0.15, -0.1) is 0 Å². The van der Waals surface area contributed by atoms with Crippen LogP contribution in [-0.4, -0.2) is 39.4 Å². The fourth-order valence-electron chi connectivity index (χ4n) is 3.22. The van der Waals surface area contributed by atoms with Crippen LogP contribution in [-0.2, 0) is 19.5 Å². The first-order chi connectivity index (χ1) is 10.3. The first-order valence-corrected chi connectivity index (χ1v) is 8.35. The lowest BCUT2D eigenvalue weighted by molar-refractivity contribution is -0.273. The van der Waals surface area contributed by atoms with Crippen molar-refractivity contribution >= 4 is 11.3 Å². The topological polar surface area (TPSA) is 45.5 Å². The maximum absolute atomic E-state index is 12.8. The zero-order valence-electron chi connectivity index (χ0n) is 12.2. The number of hydrogen-bond donors (Lipinski definition) is 1. The monoisotopic (exact) mass is 336 g/mol. The maximum atomic E-state index is 12.8. The maximum Gasteiger partial charge on any atom is 0.417 e. The number of alkyl halides is 3. The number of fused-ring (bicyclic) bond motifs is 1. The van der Waals surface area contributed by atoms with Crippen molar-refractivity contribution < 1.29 is 18.3 Å². The van der Waals surface area contributed by atoms with E-state index in [9.17, 15) is 23.1 Å². The number of nitrogens with zero attached hydrogens (tertiary/aromatic N) is 2. The van der Waals surface area contributed by atoms with Gasteiger partial charge in [0.05, 0.1) is 6.67 Å². The largest absolute Gasteiger partial charge is 0.417 e. The van der Waals surface area contributed by atoms with E-state index in [2.05, 4.69) is 0 Å². The SMILES string of the molecule is O=c1sc2c(n1CN1CCC(O)(C(F)(F)F)CC1)CCCC2. The minimum Gasteiger partial charge on any atom is -0.380 e. The van der Waals surface area contributed by atoms with Crippen LogP contribution in [0.15, 0.2) is 4.79 Å². The molecular weight excluding hydrogens is 317 g/mol. The highest BCUT2D eigenvalue weighted by atomic mass is 32.1. The van der Waals surface area contributed by atoms with Crippen molar-refractivity contribution in [3.63, 3.8) is 0 Å². The Morgan fingerprint density at radius 3 is 2.45 bits per heavy atom. The third-order valence-corrected chi connectivity index (χ3v) is 5.78. The molecule has 1 saturated heterocycles. The van der Waals surface area contributed by atoms with Crippen molar-refractivity contribution in [2.24, 2.45) is 0 Å². The van der Waals surface area contributed by atoms with Gasteiger partial charge in [-0.05, 0) is 38.5 Å².